The van der Waals surface area contributed by atoms with Gasteiger partial charge in [0.25, 0.3) is 5.91 Å². The number of amides is 4. The number of nitriles is 1. The second-order valence-corrected chi connectivity index (χ2v) is 16.3. The zero-order valence-electron chi connectivity index (χ0n) is 31.8. The Morgan fingerprint density at radius 3 is 2.47 bits per heavy atom. The highest BCUT2D eigenvalue weighted by molar-refractivity contribution is 6.31. The van der Waals surface area contributed by atoms with Crippen molar-refractivity contribution in [3.05, 3.63) is 77.1 Å². The number of carbonyl (C=O) groups excluding carboxylic acids is 3. The molecule has 13 nitrogen and oxygen atoms in total. The zero-order chi connectivity index (χ0) is 39.5. The van der Waals surface area contributed by atoms with E-state index in [9.17, 15) is 14.4 Å². The van der Waals surface area contributed by atoms with Crippen molar-refractivity contribution in [3.8, 4) is 11.8 Å². The number of carbonyl (C=O) groups is 3. The molecule has 2 aromatic heterocycles. The van der Waals surface area contributed by atoms with Crippen LogP contribution in [0.5, 0.6) is 5.75 Å². The Balaban J connectivity index is 0.756. The van der Waals surface area contributed by atoms with Crippen LogP contribution in [0.1, 0.15) is 73.8 Å². The first-order valence-corrected chi connectivity index (χ1v) is 20.4. The molecule has 15 heteroatoms. The predicted molar refractivity (Wildman–Crippen MR) is 214 cm³/mol. The van der Waals surface area contributed by atoms with Crippen LogP contribution in [0.2, 0.25) is 5.02 Å². The fraction of sp³-hybridized carbons (Fsp3) is 0.476. The topological polar surface area (TPSA) is 149 Å². The SMILES string of the molecule is N#Cc1ccc(O[C@H]2CC[C@H](NC(=O)c3ccc(N4CCC(CN5CCC(F)(Cn6ccc7c(N8CCC(=O)NC8=O)cccc76)CC5)CC4)nn3)CC2)cc1Cl. The molecule has 8 rings (SSSR count). The van der Waals surface area contributed by atoms with Crippen LogP contribution in [0.4, 0.5) is 20.7 Å². The number of nitrogens with one attached hydrogen (secondary N) is 2. The van der Waals surface area contributed by atoms with Gasteiger partial charge < -0.3 is 24.4 Å². The van der Waals surface area contributed by atoms with Crippen LogP contribution >= 0.6 is 11.6 Å². The number of benzene rings is 2. The molecular weight excluding hydrogens is 749 g/mol. The molecule has 5 heterocycles. The molecule has 4 aliphatic rings. The molecule has 3 aliphatic heterocycles. The van der Waals surface area contributed by atoms with Crippen LogP contribution in [0, 0.1) is 17.2 Å². The molecule has 3 saturated heterocycles. The largest absolute Gasteiger partial charge is 0.490 e. The van der Waals surface area contributed by atoms with Gasteiger partial charge in [0.1, 0.15) is 17.5 Å². The molecule has 2 N–H and O–H groups in total. The summed E-state index contributed by atoms with van der Waals surface area (Å²) in [5, 5.41) is 24.5. The Morgan fingerprint density at radius 2 is 1.77 bits per heavy atom. The summed E-state index contributed by atoms with van der Waals surface area (Å²) >= 11 is 6.15. The molecule has 4 amide bonds. The molecule has 57 heavy (non-hydrogen) atoms. The van der Waals surface area contributed by atoms with Gasteiger partial charge in [-0.2, -0.15) is 5.26 Å². The van der Waals surface area contributed by atoms with E-state index in [-0.39, 0.29) is 36.9 Å². The second kappa shape index (κ2) is 16.7. The van der Waals surface area contributed by atoms with Gasteiger partial charge in [-0.25, -0.2) is 9.18 Å². The van der Waals surface area contributed by atoms with Gasteiger partial charge in [0.2, 0.25) is 5.91 Å². The number of likely N-dealkylation sites (tertiary alicyclic amines) is 1. The molecule has 0 radical (unpaired) electrons. The van der Waals surface area contributed by atoms with Crippen molar-refractivity contribution in [2.75, 3.05) is 49.1 Å². The molecule has 0 bridgehead atoms. The van der Waals surface area contributed by atoms with Crippen molar-refractivity contribution in [2.24, 2.45) is 5.92 Å². The van der Waals surface area contributed by atoms with Gasteiger partial charge in [-0.15, -0.1) is 10.2 Å². The van der Waals surface area contributed by atoms with Crippen LogP contribution in [0.3, 0.4) is 0 Å². The molecule has 298 valence electrons. The third-order valence-corrected chi connectivity index (χ3v) is 12.4. The number of piperidine rings is 2. The summed E-state index contributed by atoms with van der Waals surface area (Å²) in [6.45, 7) is 4.64. The van der Waals surface area contributed by atoms with E-state index in [0.29, 0.717) is 60.4 Å². The average Bonchev–Trinajstić information content (AvgIpc) is 3.62. The summed E-state index contributed by atoms with van der Waals surface area (Å²) in [6, 6.07) is 18.0. The van der Waals surface area contributed by atoms with E-state index in [0.717, 1.165) is 80.6 Å². The van der Waals surface area contributed by atoms with E-state index in [1.165, 1.54) is 0 Å². The highest BCUT2D eigenvalue weighted by atomic mass is 35.5. The Labute approximate surface area is 336 Å². The van der Waals surface area contributed by atoms with E-state index in [1.54, 1.807) is 29.2 Å². The van der Waals surface area contributed by atoms with Crippen LogP contribution in [0.25, 0.3) is 10.9 Å². The molecule has 1 saturated carbocycles. The molecule has 0 unspecified atom stereocenters. The number of anilines is 2. The number of rotatable bonds is 10. The Kier molecular flexibility index (Phi) is 11.3. The number of halogens is 2. The number of hydrogen-bond acceptors (Lipinski definition) is 9. The summed E-state index contributed by atoms with van der Waals surface area (Å²) in [4.78, 5) is 43.4. The number of hydrogen-bond donors (Lipinski definition) is 2. The lowest BCUT2D eigenvalue weighted by Crippen LogP contribution is -2.49. The smallest absolute Gasteiger partial charge is 0.328 e. The fourth-order valence-electron chi connectivity index (χ4n) is 8.74. The maximum atomic E-state index is 16.3. The number of alkyl halides is 1. The summed E-state index contributed by atoms with van der Waals surface area (Å²) in [6.07, 6.45) is 8.26. The minimum Gasteiger partial charge on any atom is -0.490 e. The lowest BCUT2D eigenvalue weighted by Gasteiger charge is -2.40. The summed E-state index contributed by atoms with van der Waals surface area (Å²) < 4.78 is 24.3. The Bertz CT molecular complexity index is 2150. The first kappa shape index (κ1) is 38.6. The maximum Gasteiger partial charge on any atom is 0.328 e. The molecule has 0 atom stereocenters. The zero-order valence-corrected chi connectivity index (χ0v) is 32.6. The van der Waals surface area contributed by atoms with Crippen molar-refractivity contribution in [1.29, 1.82) is 5.26 Å². The normalized spacial score (nSPS) is 21.9. The van der Waals surface area contributed by atoms with Crippen molar-refractivity contribution in [1.82, 2.24) is 30.3 Å². The third-order valence-electron chi connectivity index (χ3n) is 12.1. The van der Waals surface area contributed by atoms with Gasteiger partial charge in [-0.1, -0.05) is 17.7 Å². The number of nitrogens with zero attached hydrogens (tertiary/aromatic N) is 7. The minimum absolute atomic E-state index is 0.0205. The fourth-order valence-corrected chi connectivity index (χ4v) is 8.95. The molecule has 4 aromatic rings. The van der Waals surface area contributed by atoms with Crippen LogP contribution < -0.4 is 25.2 Å². The summed E-state index contributed by atoms with van der Waals surface area (Å²) in [7, 11) is 0. The van der Waals surface area contributed by atoms with Gasteiger partial charge in [-0.3, -0.25) is 19.8 Å². The number of ether oxygens (including phenoxy) is 1. The van der Waals surface area contributed by atoms with Crippen LogP contribution in [-0.4, -0.2) is 94.6 Å². The molecule has 2 aromatic carbocycles. The van der Waals surface area contributed by atoms with Crippen LogP contribution in [-0.2, 0) is 11.3 Å². The van der Waals surface area contributed by atoms with Gasteiger partial charge in [0, 0.05) is 69.4 Å². The van der Waals surface area contributed by atoms with Gasteiger partial charge in [0.05, 0.1) is 34.4 Å². The highest BCUT2D eigenvalue weighted by Crippen LogP contribution is 2.35. The summed E-state index contributed by atoms with van der Waals surface area (Å²) in [5.74, 6) is 1.42. The maximum absolute atomic E-state index is 16.3. The van der Waals surface area contributed by atoms with Crippen molar-refractivity contribution < 1.29 is 23.5 Å². The van der Waals surface area contributed by atoms with E-state index in [4.69, 9.17) is 21.6 Å². The standard InChI is InChI=1S/C42H47ClFN9O4/c43-34-24-32(7-4-29(34)25-45)57-31-8-5-30(6-9-31)46-40(55)35-10-11-38(49-48-35)51-18-12-28(13-19-51)26-50-22-16-42(44,17-23-50)27-52-20-14-33-36(52)2-1-3-37(33)53-21-15-39(54)47-41(53)56/h1-4,7,10-11,14,20,24,28,30-31H,5-6,8-9,12-13,15-19,21-23,26-27H2,(H,46,55)(H,47,54,56)/t30-,31-. The lowest BCUT2D eigenvalue weighted by atomic mass is 9.90. The van der Waals surface area contributed by atoms with Crippen molar-refractivity contribution in [3.63, 3.8) is 0 Å². The highest BCUT2D eigenvalue weighted by Gasteiger charge is 2.36. The lowest BCUT2D eigenvalue weighted by molar-refractivity contribution is -0.120. The van der Waals surface area contributed by atoms with E-state index >= 15 is 4.39 Å². The summed E-state index contributed by atoms with van der Waals surface area (Å²) in [5.41, 5.74) is 0.993. The van der Waals surface area contributed by atoms with E-state index in [1.807, 2.05) is 41.1 Å². The number of fused-ring (bicyclic) bond motifs is 1. The van der Waals surface area contributed by atoms with Crippen molar-refractivity contribution >= 4 is 51.9 Å². The second-order valence-electron chi connectivity index (χ2n) is 15.9. The average molecular weight is 796 g/mol. The van der Waals surface area contributed by atoms with E-state index in [2.05, 4.69) is 36.7 Å². The Hall–Kier alpha value is -5.26. The monoisotopic (exact) mass is 795 g/mol. The number of imide groups is 1. The molecular formula is C42H47ClFN9O4. The Morgan fingerprint density at radius 1 is 0.982 bits per heavy atom. The quantitative estimate of drug-likeness (QED) is 0.190. The third kappa shape index (κ3) is 8.84. The molecule has 0 spiro atoms. The van der Waals surface area contributed by atoms with Gasteiger partial charge in [0.15, 0.2) is 11.5 Å². The number of urea groups is 1. The molecule has 4 fully saturated rings. The molecule has 1 aliphatic carbocycles. The predicted octanol–water partition coefficient (Wildman–Crippen LogP) is 6.24. The number of aromatic nitrogens is 3. The van der Waals surface area contributed by atoms with E-state index < -0.39 is 11.7 Å². The van der Waals surface area contributed by atoms with Crippen molar-refractivity contribution in [2.45, 2.75) is 82.1 Å². The van der Waals surface area contributed by atoms with Gasteiger partial charge >= 0.3 is 6.03 Å². The minimum atomic E-state index is -1.32. The van der Waals surface area contributed by atoms with Gasteiger partial charge in [-0.05, 0) is 99.7 Å². The first-order chi connectivity index (χ1) is 27.6. The van der Waals surface area contributed by atoms with Crippen LogP contribution in [0.15, 0.2) is 60.8 Å². The first-order valence-electron chi connectivity index (χ1n) is 20.0.